The summed E-state index contributed by atoms with van der Waals surface area (Å²) in [5.74, 6) is 5.17. The topological polar surface area (TPSA) is 94.9 Å². The Labute approximate surface area is 289 Å². The van der Waals surface area contributed by atoms with E-state index in [2.05, 4.69) is 91.4 Å². The fourth-order valence-electron chi connectivity index (χ4n) is 9.17. The van der Waals surface area contributed by atoms with E-state index in [0.717, 1.165) is 42.7 Å². The summed E-state index contributed by atoms with van der Waals surface area (Å²) in [7, 11) is -1.66. The molecular formula is C38H58N6OSSi. The highest BCUT2D eigenvalue weighted by atomic mass is 32.2. The predicted octanol–water partition coefficient (Wildman–Crippen LogP) is 8.71. The third kappa shape index (κ3) is 8.03. The molecule has 5 aliphatic carbocycles. The fraction of sp³-hybridized carbons (Fsp3) is 0.711. The Hall–Kier alpha value is -2.12. The Kier molecular flexibility index (Phi) is 10.6. The summed E-state index contributed by atoms with van der Waals surface area (Å²) in [6.07, 6.45) is 15.7. The quantitative estimate of drug-likeness (QED) is 0.144. The molecule has 7 rings (SSSR count). The van der Waals surface area contributed by atoms with Gasteiger partial charge in [-0.25, -0.2) is 4.98 Å². The molecule has 1 heterocycles. The van der Waals surface area contributed by atoms with E-state index in [-0.39, 0.29) is 0 Å². The zero-order chi connectivity index (χ0) is 33.2. The fourth-order valence-corrected chi connectivity index (χ4v) is 10.9. The van der Waals surface area contributed by atoms with E-state index in [4.69, 9.17) is 9.41 Å². The second-order valence-electron chi connectivity index (χ2n) is 16.9. The molecule has 4 bridgehead atoms. The average molecular weight is 675 g/mol. The van der Waals surface area contributed by atoms with Crippen LogP contribution in [-0.2, 0) is 11.0 Å². The van der Waals surface area contributed by atoms with Crippen molar-refractivity contribution in [3.8, 4) is 6.07 Å². The maximum atomic E-state index is 9.84. The first-order chi connectivity index (χ1) is 22.5. The van der Waals surface area contributed by atoms with Gasteiger partial charge in [0.2, 0.25) is 5.95 Å². The smallest absolute Gasteiger partial charge is 0.224 e. The van der Waals surface area contributed by atoms with E-state index >= 15 is 0 Å². The number of nitrogens with one attached hydrogen (secondary N) is 3. The van der Waals surface area contributed by atoms with Gasteiger partial charge in [0.1, 0.15) is 17.5 Å². The zero-order valence-electron chi connectivity index (χ0n) is 29.7. The number of hydrogen-bond acceptors (Lipinski definition) is 8. The lowest BCUT2D eigenvalue weighted by atomic mass is 9.48. The molecular weight excluding hydrogens is 617 g/mol. The molecule has 2 aromatic rings. The van der Waals surface area contributed by atoms with Crippen LogP contribution in [0.25, 0.3) is 0 Å². The van der Waals surface area contributed by atoms with E-state index < -0.39 is 8.32 Å². The van der Waals surface area contributed by atoms with Crippen LogP contribution in [0.15, 0.2) is 35.4 Å². The van der Waals surface area contributed by atoms with E-state index in [1.807, 2.05) is 0 Å². The number of benzene rings is 1. The molecule has 47 heavy (non-hydrogen) atoms. The van der Waals surface area contributed by atoms with Gasteiger partial charge in [-0.3, -0.25) is 0 Å². The molecule has 9 heteroatoms. The molecule has 5 fully saturated rings. The number of rotatable bonds is 13. The number of nitriles is 1. The van der Waals surface area contributed by atoms with Gasteiger partial charge in [0, 0.05) is 30.6 Å². The van der Waals surface area contributed by atoms with Crippen LogP contribution in [0.1, 0.15) is 89.7 Å². The van der Waals surface area contributed by atoms with Gasteiger partial charge in [-0.05, 0) is 135 Å². The van der Waals surface area contributed by atoms with Crippen molar-refractivity contribution in [3.63, 3.8) is 0 Å². The highest BCUT2D eigenvalue weighted by Crippen LogP contribution is 2.60. The van der Waals surface area contributed by atoms with Gasteiger partial charge in [-0.1, -0.05) is 39.0 Å². The SMILES string of the molecule is CSc1ccccc1CNc1ncc(C#N)c(NCC23CC4C[C@H](C2)C(NCC2CCC(CO[Si](C)(C)C(C)(C)C)CC2)[C@@H](C4)C3)n1. The van der Waals surface area contributed by atoms with Gasteiger partial charge in [0.05, 0.1) is 6.20 Å². The third-order valence-electron chi connectivity index (χ3n) is 12.7. The Bertz CT molecular complexity index is 1400. The lowest BCUT2D eigenvalue weighted by Crippen LogP contribution is -2.60. The first-order valence-corrected chi connectivity index (χ1v) is 22.3. The number of hydrogen-bond donors (Lipinski definition) is 3. The largest absolute Gasteiger partial charge is 0.417 e. The summed E-state index contributed by atoms with van der Waals surface area (Å²) in [6, 6.07) is 11.4. The Morgan fingerprint density at radius 3 is 2.40 bits per heavy atom. The van der Waals surface area contributed by atoms with Crippen LogP contribution in [0, 0.1) is 46.3 Å². The second kappa shape index (κ2) is 14.4. The molecule has 7 nitrogen and oxygen atoms in total. The lowest BCUT2D eigenvalue weighted by molar-refractivity contribution is -0.0703. The van der Waals surface area contributed by atoms with Crippen molar-refractivity contribution in [2.75, 3.05) is 36.6 Å². The van der Waals surface area contributed by atoms with Crippen molar-refractivity contribution in [3.05, 3.63) is 41.6 Å². The van der Waals surface area contributed by atoms with Crippen molar-refractivity contribution in [1.29, 1.82) is 5.26 Å². The Morgan fingerprint density at radius 1 is 1.02 bits per heavy atom. The molecule has 1 aromatic carbocycles. The predicted molar refractivity (Wildman–Crippen MR) is 197 cm³/mol. The molecule has 3 N–H and O–H groups in total. The molecule has 3 unspecified atom stereocenters. The minimum absolute atomic E-state index is 0.291. The minimum atomic E-state index is -1.66. The first kappa shape index (κ1) is 34.7. The molecule has 1 aromatic heterocycles. The third-order valence-corrected chi connectivity index (χ3v) is 18.0. The van der Waals surface area contributed by atoms with Crippen LogP contribution >= 0.6 is 11.8 Å². The molecule has 5 aliphatic rings. The van der Waals surface area contributed by atoms with Crippen LogP contribution < -0.4 is 16.0 Å². The normalized spacial score (nSPS) is 30.2. The zero-order valence-corrected chi connectivity index (χ0v) is 31.5. The Morgan fingerprint density at radius 2 is 1.72 bits per heavy atom. The molecule has 5 atom stereocenters. The number of thioether (sulfide) groups is 1. The monoisotopic (exact) mass is 674 g/mol. The molecule has 0 saturated heterocycles. The highest BCUT2D eigenvalue weighted by Gasteiger charge is 2.55. The average Bonchev–Trinajstić information content (AvgIpc) is 3.05. The van der Waals surface area contributed by atoms with Crippen molar-refractivity contribution in [2.24, 2.45) is 35.0 Å². The lowest BCUT2D eigenvalue weighted by Gasteiger charge is -2.60. The first-order valence-electron chi connectivity index (χ1n) is 18.2. The minimum Gasteiger partial charge on any atom is -0.417 e. The maximum absolute atomic E-state index is 9.84. The number of nitrogens with zero attached hydrogens (tertiary/aromatic N) is 3. The molecule has 0 aliphatic heterocycles. The molecule has 0 radical (unpaired) electrons. The number of aromatic nitrogens is 2. The molecule has 256 valence electrons. The van der Waals surface area contributed by atoms with E-state index in [9.17, 15) is 5.26 Å². The summed E-state index contributed by atoms with van der Waals surface area (Å²) < 4.78 is 6.59. The van der Waals surface area contributed by atoms with E-state index in [0.29, 0.717) is 40.4 Å². The maximum Gasteiger partial charge on any atom is 0.224 e. The summed E-state index contributed by atoms with van der Waals surface area (Å²) >= 11 is 1.74. The van der Waals surface area contributed by atoms with Gasteiger partial charge in [-0.15, -0.1) is 11.8 Å². The summed E-state index contributed by atoms with van der Waals surface area (Å²) in [5, 5.41) is 21.4. The summed E-state index contributed by atoms with van der Waals surface area (Å²) in [6.45, 7) is 15.5. The van der Waals surface area contributed by atoms with Gasteiger partial charge < -0.3 is 20.4 Å². The van der Waals surface area contributed by atoms with E-state index in [1.165, 1.54) is 74.8 Å². The van der Waals surface area contributed by atoms with Gasteiger partial charge in [0.15, 0.2) is 8.32 Å². The van der Waals surface area contributed by atoms with E-state index in [1.54, 1.807) is 18.0 Å². The van der Waals surface area contributed by atoms with Crippen molar-refractivity contribution < 1.29 is 4.43 Å². The summed E-state index contributed by atoms with van der Waals surface area (Å²) in [4.78, 5) is 10.5. The second-order valence-corrected chi connectivity index (χ2v) is 22.6. The van der Waals surface area contributed by atoms with Crippen molar-refractivity contribution in [1.82, 2.24) is 15.3 Å². The molecule has 0 amide bonds. The van der Waals surface area contributed by atoms with Gasteiger partial charge in [-0.2, -0.15) is 10.2 Å². The van der Waals surface area contributed by atoms with Crippen molar-refractivity contribution in [2.45, 2.75) is 114 Å². The van der Waals surface area contributed by atoms with Gasteiger partial charge >= 0.3 is 0 Å². The highest BCUT2D eigenvalue weighted by molar-refractivity contribution is 7.98. The Balaban J connectivity index is 0.995. The number of anilines is 2. The summed E-state index contributed by atoms with van der Waals surface area (Å²) in [5.41, 5.74) is 2.04. The van der Waals surface area contributed by atoms with Gasteiger partial charge in [0.25, 0.3) is 0 Å². The van der Waals surface area contributed by atoms with Crippen LogP contribution in [0.4, 0.5) is 11.8 Å². The van der Waals surface area contributed by atoms with Crippen LogP contribution in [-0.4, -0.2) is 50.3 Å². The van der Waals surface area contributed by atoms with Crippen LogP contribution in [0.2, 0.25) is 18.1 Å². The molecule has 0 spiro atoms. The van der Waals surface area contributed by atoms with Crippen molar-refractivity contribution >= 4 is 31.8 Å². The standard InChI is InChI=1S/C38H58N6OSSi/c1-37(2,3)47(5,6)45-24-27-13-11-26(12-14-27)21-40-34-30-15-28-16-31(34)19-38(17-28,18-30)25-43-35-32(20-39)23-42-36(44-35)41-22-29-9-7-8-10-33(29)46-4/h7-10,23,26-28,30-31,34,40H,11-19,21-22,24-25H2,1-6H3,(H2,41,42,43,44)/t26?,27?,28?,30-,31+,34?,38?. The van der Waals surface area contributed by atoms with Crippen LogP contribution in [0.5, 0.6) is 0 Å². The van der Waals surface area contributed by atoms with Crippen LogP contribution in [0.3, 0.4) is 0 Å². The molecule has 5 saturated carbocycles.